The largest absolute Gasteiger partial charge is 0.480 e. The van der Waals surface area contributed by atoms with Crippen LogP contribution in [-0.4, -0.2) is 49.2 Å². The molecule has 0 rings (SSSR count). The fraction of sp³-hybridized carbons (Fsp3) is 0.750. The van der Waals surface area contributed by atoms with Crippen LogP contribution < -0.4 is 10.6 Å². The van der Waals surface area contributed by atoms with Gasteiger partial charge in [-0.05, 0) is 0 Å². The van der Waals surface area contributed by atoms with Crippen LogP contribution in [0.1, 0.15) is 27.2 Å². The van der Waals surface area contributed by atoms with Gasteiger partial charge < -0.3 is 20.5 Å². The number of rotatable bonds is 7. The number of ether oxygens (including phenoxy) is 1. The van der Waals surface area contributed by atoms with E-state index in [9.17, 15) is 14.4 Å². The second kappa shape index (κ2) is 7.73. The predicted octanol–water partition coefficient (Wildman–Crippen LogP) is 0.390. The number of ketones is 1. The van der Waals surface area contributed by atoms with E-state index < -0.39 is 23.5 Å². The molecule has 0 aliphatic carbocycles. The molecule has 0 bridgehead atoms. The van der Waals surface area contributed by atoms with Crippen LogP contribution in [0.15, 0.2) is 0 Å². The molecule has 0 spiro atoms. The average molecular weight is 274 g/mol. The van der Waals surface area contributed by atoms with E-state index in [1.54, 1.807) is 20.8 Å². The highest BCUT2D eigenvalue weighted by atomic mass is 16.5. The number of carboxylic acid groups (broad SMARTS) is 1. The molecule has 2 amide bonds. The van der Waals surface area contributed by atoms with Crippen LogP contribution in [0.2, 0.25) is 0 Å². The first-order chi connectivity index (χ1) is 8.68. The van der Waals surface area contributed by atoms with Gasteiger partial charge in [0.1, 0.15) is 11.8 Å². The molecule has 0 aromatic heterocycles. The highest BCUT2D eigenvalue weighted by Crippen LogP contribution is 2.17. The number of nitrogens with one attached hydrogen (secondary N) is 2. The third kappa shape index (κ3) is 7.40. The predicted molar refractivity (Wildman–Crippen MR) is 68.9 cm³/mol. The number of carbonyl (C=O) groups excluding carboxylic acids is 2. The molecule has 0 aromatic rings. The van der Waals surface area contributed by atoms with Gasteiger partial charge in [-0.15, -0.1) is 0 Å². The smallest absolute Gasteiger partial charge is 0.326 e. The summed E-state index contributed by atoms with van der Waals surface area (Å²) in [6, 6.07) is -1.86. The number of hydrogen-bond donors (Lipinski definition) is 3. The zero-order valence-corrected chi connectivity index (χ0v) is 11.8. The van der Waals surface area contributed by atoms with Gasteiger partial charge in [0.2, 0.25) is 0 Å². The quantitative estimate of drug-likeness (QED) is 0.582. The van der Waals surface area contributed by atoms with Crippen LogP contribution >= 0.6 is 0 Å². The standard InChI is InChI=1S/C12H22N2O5/c1-12(2,3)9(15)7-8(10(16)17)14-11(18)13-5-6-19-4/h8H,5-7H2,1-4H3,(H,16,17)(H2,13,14,18). The molecule has 0 radical (unpaired) electrons. The minimum Gasteiger partial charge on any atom is -0.480 e. The average Bonchev–Trinajstić information content (AvgIpc) is 2.26. The van der Waals surface area contributed by atoms with Crippen molar-refractivity contribution in [3.05, 3.63) is 0 Å². The number of Topliss-reactive ketones (excluding diaryl/α,β-unsaturated/α-hetero) is 1. The molecule has 7 heteroatoms. The van der Waals surface area contributed by atoms with Crippen LogP contribution in [0.4, 0.5) is 4.79 Å². The van der Waals surface area contributed by atoms with Crippen LogP contribution in [0.25, 0.3) is 0 Å². The monoisotopic (exact) mass is 274 g/mol. The minimum atomic E-state index is -1.24. The Labute approximate surface area is 112 Å². The summed E-state index contributed by atoms with van der Waals surface area (Å²) in [5, 5.41) is 13.7. The van der Waals surface area contributed by atoms with E-state index in [2.05, 4.69) is 10.6 Å². The molecule has 1 unspecified atom stereocenters. The fourth-order valence-electron chi connectivity index (χ4n) is 1.17. The lowest BCUT2D eigenvalue weighted by atomic mass is 9.87. The molecule has 1 atom stereocenters. The normalized spacial score (nSPS) is 12.6. The minimum absolute atomic E-state index is 0.225. The Kier molecular flexibility index (Phi) is 7.06. The number of carbonyl (C=O) groups is 3. The van der Waals surface area contributed by atoms with Gasteiger partial charge >= 0.3 is 12.0 Å². The summed E-state index contributed by atoms with van der Waals surface area (Å²) in [6.45, 7) is 5.70. The maximum atomic E-state index is 11.8. The van der Waals surface area contributed by atoms with Gasteiger partial charge in [-0.1, -0.05) is 20.8 Å². The molecule has 19 heavy (non-hydrogen) atoms. The third-order valence-electron chi connectivity index (χ3n) is 2.42. The maximum Gasteiger partial charge on any atom is 0.326 e. The Hall–Kier alpha value is -1.63. The first-order valence-electron chi connectivity index (χ1n) is 5.98. The van der Waals surface area contributed by atoms with E-state index in [-0.39, 0.29) is 18.7 Å². The Morgan fingerprint density at radius 3 is 2.26 bits per heavy atom. The number of methoxy groups -OCH3 is 1. The molecule has 0 fully saturated rings. The molecule has 0 heterocycles. The number of urea groups is 1. The van der Waals surface area contributed by atoms with Gasteiger partial charge in [-0.2, -0.15) is 0 Å². The molecular weight excluding hydrogens is 252 g/mol. The van der Waals surface area contributed by atoms with Crippen molar-refractivity contribution >= 4 is 17.8 Å². The lowest BCUT2D eigenvalue weighted by Crippen LogP contribution is -2.48. The van der Waals surface area contributed by atoms with Gasteiger partial charge in [0, 0.05) is 25.5 Å². The van der Waals surface area contributed by atoms with E-state index in [0.717, 1.165) is 0 Å². The number of carboxylic acids is 1. The molecule has 3 N–H and O–H groups in total. The number of hydrogen-bond acceptors (Lipinski definition) is 4. The van der Waals surface area contributed by atoms with Crippen LogP contribution in [0.5, 0.6) is 0 Å². The summed E-state index contributed by atoms with van der Waals surface area (Å²) >= 11 is 0. The third-order valence-corrected chi connectivity index (χ3v) is 2.42. The summed E-state index contributed by atoms with van der Waals surface area (Å²) in [7, 11) is 1.49. The molecule has 7 nitrogen and oxygen atoms in total. The number of aliphatic carboxylic acids is 1. The van der Waals surface area contributed by atoms with Crippen molar-refractivity contribution in [3.8, 4) is 0 Å². The van der Waals surface area contributed by atoms with Crippen molar-refractivity contribution in [2.24, 2.45) is 5.41 Å². The molecule has 110 valence electrons. The van der Waals surface area contributed by atoms with E-state index in [0.29, 0.717) is 6.61 Å². The van der Waals surface area contributed by atoms with E-state index in [1.165, 1.54) is 7.11 Å². The van der Waals surface area contributed by atoms with Gasteiger partial charge in [-0.3, -0.25) is 4.79 Å². The van der Waals surface area contributed by atoms with Crippen molar-refractivity contribution < 1.29 is 24.2 Å². The SMILES string of the molecule is COCCNC(=O)NC(CC(=O)C(C)(C)C)C(=O)O. The Morgan fingerprint density at radius 2 is 1.84 bits per heavy atom. The summed E-state index contributed by atoms with van der Waals surface area (Å²) in [4.78, 5) is 34.2. The summed E-state index contributed by atoms with van der Waals surface area (Å²) in [5.74, 6) is -1.46. The van der Waals surface area contributed by atoms with E-state index >= 15 is 0 Å². The molecule has 0 aromatic carbocycles. The van der Waals surface area contributed by atoms with Crippen molar-refractivity contribution in [1.82, 2.24) is 10.6 Å². The van der Waals surface area contributed by atoms with Crippen molar-refractivity contribution in [2.75, 3.05) is 20.3 Å². The lowest BCUT2D eigenvalue weighted by Gasteiger charge is -2.20. The molecule has 0 aliphatic rings. The Morgan fingerprint density at radius 1 is 1.26 bits per heavy atom. The van der Waals surface area contributed by atoms with Crippen molar-refractivity contribution in [2.45, 2.75) is 33.2 Å². The van der Waals surface area contributed by atoms with Crippen molar-refractivity contribution in [3.63, 3.8) is 0 Å². The Bertz CT molecular complexity index is 336. The topological polar surface area (TPSA) is 105 Å². The Balaban J connectivity index is 4.39. The molecule has 0 saturated carbocycles. The summed E-state index contributed by atoms with van der Waals surface area (Å²) in [6.07, 6.45) is -0.240. The van der Waals surface area contributed by atoms with Crippen LogP contribution in [0, 0.1) is 5.41 Å². The van der Waals surface area contributed by atoms with Crippen LogP contribution in [-0.2, 0) is 14.3 Å². The highest BCUT2D eigenvalue weighted by Gasteiger charge is 2.29. The first-order valence-corrected chi connectivity index (χ1v) is 5.98. The lowest BCUT2D eigenvalue weighted by molar-refractivity contribution is -0.142. The zero-order chi connectivity index (χ0) is 15.1. The molecule has 0 aliphatic heterocycles. The van der Waals surface area contributed by atoms with Gasteiger partial charge in [0.25, 0.3) is 0 Å². The van der Waals surface area contributed by atoms with E-state index in [4.69, 9.17) is 9.84 Å². The van der Waals surface area contributed by atoms with Crippen LogP contribution in [0.3, 0.4) is 0 Å². The maximum absolute atomic E-state index is 11.8. The first kappa shape index (κ1) is 17.4. The summed E-state index contributed by atoms with van der Waals surface area (Å²) in [5.41, 5.74) is -0.637. The second-order valence-corrected chi connectivity index (χ2v) is 5.16. The highest BCUT2D eigenvalue weighted by molar-refractivity contribution is 5.91. The summed E-state index contributed by atoms with van der Waals surface area (Å²) < 4.78 is 4.74. The zero-order valence-electron chi connectivity index (χ0n) is 11.8. The van der Waals surface area contributed by atoms with Gasteiger partial charge in [0.05, 0.1) is 6.61 Å². The van der Waals surface area contributed by atoms with Crippen molar-refractivity contribution in [1.29, 1.82) is 0 Å². The number of amides is 2. The van der Waals surface area contributed by atoms with E-state index in [1.807, 2.05) is 0 Å². The molecular formula is C12H22N2O5. The van der Waals surface area contributed by atoms with Gasteiger partial charge in [0.15, 0.2) is 0 Å². The molecule has 0 saturated heterocycles. The fourth-order valence-corrected chi connectivity index (χ4v) is 1.17. The van der Waals surface area contributed by atoms with Gasteiger partial charge in [-0.25, -0.2) is 9.59 Å². The second-order valence-electron chi connectivity index (χ2n) is 5.16.